The second-order valence-electron chi connectivity index (χ2n) is 6.59. The Kier molecular flexibility index (Phi) is 4.77. The van der Waals surface area contributed by atoms with E-state index in [9.17, 15) is 4.79 Å². The van der Waals surface area contributed by atoms with E-state index in [-0.39, 0.29) is 12.0 Å². The summed E-state index contributed by atoms with van der Waals surface area (Å²) in [6, 6.07) is 15.4. The second kappa shape index (κ2) is 7.38. The lowest BCUT2D eigenvalue weighted by atomic mass is 9.95. The zero-order chi connectivity index (χ0) is 19.7. The van der Waals surface area contributed by atoms with Gasteiger partial charge in [0, 0.05) is 5.70 Å². The van der Waals surface area contributed by atoms with Gasteiger partial charge >= 0.3 is 5.97 Å². The van der Waals surface area contributed by atoms with Gasteiger partial charge in [0.25, 0.3) is 0 Å². The molecule has 0 saturated carbocycles. The largest absolute Gasteiger partial charge is 0.494 e. The molecule has 6 heteroatoms. The second-order valence-corrected chi connectivity index (χ2v) is 6.59. The van der Waals surface area contributed by atoms with E-state index in [1.54, 1.807) is 0 Å². The van der Waals surface area contributed by atoms with Crippen molar-refractivity contribution in [2.75, 3.05) is 18.5 Å². The minimum Gasteiger partial charge on any atom is -0.494 e. The van der Waals surface area contributed by atoms with Gasteiger partial charge in [-0.1, -0.05) is 24.3 Å². The van der Waals surface area contributed by atoms with Crippen molar-refractivity contribution >= 4 is 23.0 Å². The van der Waals surface area contributed by atoms with Crippen LogP contribution in [0, 0.1) is 0 Å². The van der Waals surface area contributed by atoms with Crippen LogP contribution in [0.1, 0.15) is 32.4 Å². The SMILES string of the molecule is CCOC(=O)C1=C(C)Nc2nc3ccccc3n2[C@H]1c1cccc(OCC)c1. The number of hydrogen-bond donors (Lipinski definition) is 1. The summed E-state index contributed by atoms with van der Waals surface area (Å²) in [5.74, 6) is 1.15. The summed E-state index contributed by atoms with van der Waals surface area (Å²) in [5, 5.41) is 3.28. The van der Waals surface area contributed by atoms with E-state index in [1.807, 2.05) is 69.3 Å². The number of benzene rings is 2. The molecule has 3 aromatic rings. The van der Waals surface area contributed by atoms with Gasteiger partial charge in [0.05, 0.1) is 35.9 Å². The van der Waals surface area contributed by atoms with Gasteiger partial charge in [-0.3, -0.25) is 4.57 Å². The number of carbonyl (C=O) groups excluding carboxylic acids is 1. The van der Waals surface area contributed by atoms with Gasteiger partial charge in [0.2, 0.25) is 5.95 Å². The van der Waals surface area contributed by atoms with E-state index in [4.69, 9.17) is 14.5 Å². The Bertz CT molecular complexity index is 1070. The highest BCUT2D eigenvalue weighted by molar-refractivity contribution is 5.94. The quantitative estimate of drug-likeness (QED) is 0.672. The van der Waals surface area contributed by atoms with Gasteiger partial charge in [-0.05, 0) is 50.6 Å². The van der Waals surface area contributed by atoms with Crippen LogP contribution in [-0.2, 0) is 9.53 Å². The zero-order valence-corrected chi connectivity index (χ0v) is 16.2. The Morgan fingerprint density at radius 1 is 1.14 bits per heavy atom. The maximum atomic E-state index is 12.9. The average molecular weight is 377 g/mol. The van der Waals surface area contributed by atoms with Crippen molar-refractivity contribution in [1.29, 1.82) is 0 Å². The first-order valence-electron chi connectivity index (χ1n) is 9.48. The molecule has 0 aliphatic carbocycles. The average Bonchev–Trinajstić information content (AvgIpc) is 3.05. The maximum absolute atomic E-state index is 12.9. The van der Waals surface area contributed by atoms with E-state index in [0.29, 0.717) is 24.7 Å². The van der Waals surface area contributed by atoms with E-state index in [2.05, 4.69) is 9.88 Å². The lowest BCUT2D eigenvalue weighted by molar-refractivity contribution is -0.139. The summed E-state index contributed by atoms with van der Waals surface area (Å²) < 4.78 is 13.1. The third-order valence-electron chi connectivity index (χ3n) is 4.81. The molecule has 1 N–H and O–H groups in total. The molecule has 28 heavy (non-hydrogen) atoms. The number of esters is 1. The molecule has 2 heterocycles. The molecule has 1 aliphatic heterocycles. The fourth-order valence-corrected chi connectivity index (χ4v) is 3.69. The highest BCUT2D eigenvalue weighted by Crippen LogP contribution is 2.40. The number of nitrogens with one attached hydrogen (secondary N) is 1. The third-order valence-corrected chi connectivity index (χ3v) is 4.81. The minimum absolute atomic E-state index is 0.318. The highest BCUT2D eigenvalue weighted by atomic mass is 16.5. The third kappa shape index (κ3) is 3.01. The lowest BCUT2D eigenvalue weighted by Gasteiger charge is -2.30. The van der Waals surface area contributed by atoms with Gasteiger partial charge in [-0.15, -0.1) is 0 Å². The van der Waals surface area contributed by atoms with Gasteiger partial charge in [-0.2, -0.15) is 0 Å². The molecule has 2 aromatic carbocycles. The van der Waals surface area contributed by atoms with Gasteiger partial charge in [0.15, 0.2) is 0 Å². The van der Waals surface area contributed by atoms with Gasteiger partial charge < -0.3 is 14.8 Å². The first-order chi connectivity index (χ1) is 13.6. The fourth-order valence-electron chi connectivity index (χ4n) is 3.69. The van der Waals surface area contributed by atoms with Crippen molar-refractivity contribution in [1.82, 2.24) is 9.55 Å². The van der Waals surface area contributed by atoms with Gasteiger partial charge in [0.1, 0.15) is 5.75 Å². The predicted octanol–water partition coefficient (Wildman–Crippen LogP) is 4.29. The van der Waals surface area contributed by atoms with Crippen LogP contribution < -0.4 is 10.1 Å². The molecule has 4 rings (SSSR count). The van der Waals surface area contributed by atoms with Crippen LogP contribution in [0.3, 0.4) is 0 Å². The summed E-state index contributed by atoms with van der Waals surface area (Å²) in [6.07, 6.45) is 0. The summed E-state index contributed by atoms with van der Waals surface area (Å²) in [6.45, 7) is 6.54. The van der Waals surface area contributed by atoms with E-state index >= 15 is 0 Å². The van der Waals surface area contributed by atoms with Crippen LogP contribution in [-0.4, -0.2) is 28.7 Å². The smallest absolute Gasteiger partial charge is 0.338 e. The number of allylic oxidation sites excluding steroid dienone is 1. The number of imidazole rings is 1. The zero-order valence-electron chi connectivity index (χ0n) is 16.2. The minimum atomic E-state index is -0.358. The first-order valence-corrected chi connectivity index (χ1v) is 9.48. The number of anilines is 1. The molecule has 0 unspecified atom stereocenters. The number of fused-ring (bicyclic) bond motifs is 3. The number of carbonyl (C=O) groups is 1. The van der Waals surface area contributed by atoms with Crippen molar-refractivity contribution < 1.29 is 14.3 Å². The maximum Gasteiger partial charge on any atom is 0.338 e. The lowest BCUT2D eigenvalue weighted by Crippen LogP contribution is -2.29. The van der Waals surface area contributed by atoms with Crippen molar-refractivity contribution in [2.24, 2.45) is 0 Å². The molecule has 144 valence electrons. The Labute approximate surface area is 163 Å². The number of rotatable bonds is 5. The van der Waals surface area contributed by atoms with Crippen molar-refractivity contribution in [2.45, 2.75) is 26.8 Å². The summed E-state index contributed by atoms with van der Waals surface area (Å²) in [5.41, 5.74) is 4.08. The van der Waals surface area contributed by atoms with Gasteiger partial charge in [-0.25, -0.2) is 9.78 Å². The Morgan fingerprint density at radius 2 is 1.96 bits per heavy atom. The molecule has 1 aromatic heterocycles. The summed E-state index contributed by atoms with van der Waals surface area (Å²) in [7, 11) is 0. The van der Waals surface area contributed by atoms with Crippen LogP contribution >= 0.6 is 0 Å². The highest BCUT2D eigenvalue weighted by Gasteiger charge is 2.35. The molecule has 0 spiro atoms. The molecular formula is C22H23N3O3. The fraction of sp³-hybridized carbons (Fsp3) is 0.273. The van der Waals surface area contributed by atoms with Crippen LogP contribution in [0.5, 0.6) is 5.75 Å². The van der Waals surface area contributed by atoms with Crippen LogP contribution in [0.2, 0.25) is 0 Å². The van der Waals surface area contributed by atoms with Crippen LogP contribution in [0.25, 0.3) is 11.0 Å². The normalized spacial score (nSPS) is 15.9. The molecule has 1 aliphatic rings. The Balaban J connectivity index is 1.95. The standard InChI is InChI=1S/C22H23N3O3/c1-4-27-16-10-8-9-15(13-16)20-19(21(26)28-5-2)14(3)23-22-24-17-11-6-7-12-18(17)25(20)22/h6-13,20H,4-5H2,1-3H3,(H,23,24)/t20-/m0/s1. The summed E-state index contributed by atoms with van der Waals surface area (Å²) in [4.78, 5) is 17.6. The van der Waals surface area contributed by atoms with Crippen molar-refractivity contribution in [3.63, 3.8) is 0 Å². The molecule has 1 atom stereocenters. The first kappa shape index (κ1) is 18.1. The molecule has 0 saturated heterocycles. The van der Waals surface area contributed by atoms with E-state index in [1.165, 1.54) is 0 Å². The number of para-hydroxylation sites is 2. The van der Waals surface area contributed by atoms with E-state index < -0.39 is 0 Å². The topological polar surface area (TPSA) is 65.4 Å². The number of aromatic nitrogens is 2. The number of ether oxygens (including phenoxy) is 2. The predicted molar refractivity (Wildman–Crippen MR) is 108 cm³/mol. The number of hydrogen-bond acceptors (Lipinski definition) is 5. The van der Waals surface area contributed by atoms with Crippen LogP contribution in [0.4, 0.5) is 5.95 Å². The molecule has 0 radical (unpaired) electrons. The van der Waals surface area contributed by atoms with E-state index in [0.717, 1.165) is 28.0 Å². The molecular weight excluding hydrogens is 354 g/mol. The molecule has 0 amide bonds. The summed E-state index contributed by atoms with van der Waals surface area (Å²) >= 11 is 0. The monoisotopic (exact) mass is 377 g/mol. The Hall–Kier alpha value is -3.28. The Morgan fingerprint density at radius 3 is 2.75 bits per heavy atom. The van der Waals surface area contributed by atoms with Crippen molar-refractivity contribution in [3.8, 4) is 5.75 Å². The number of nitrogens with zero attached hydrogens (tertiary/aromatic N) is 2. The molecule has 0 fully saturated rings. The molecule has 6 nitrogen and oxygen atoms in total. The van der Waals surface area contributed by atoms with Crippen molar-refractivity contribution in [3.05, 3.63) is 65.4 Å². The van der Waals surface area contributed by atoms with Crippen LogP contribution in [0.15, 0.2) is 59.8 Å². The molecule has 0 bridgehead atoms.